The maximum atomic E-state index is 9.97. The molecule has 0 amide bonds. The fraction of sp³-hybridized carbons (Fsp3) is 0.412. The molecule has 0 bridgehead atoms. The highest BCUT2D eigenvalue weighted by atomic mass is 16.2. The molecule has 1 aromatic carbocycles. The minimum absolute atomic E-state index is 0.0232. The Labute approximate surface area is 117 Å². The van der Waals surface area contributed by atoms with Crippen molar-refractivity contribution in [3.8, 4) is 0 Å². The highest BCUT2D eigenvalue weighted by molar-refractivity contribution is 6.58. The first-order valence-corrected chi connectivity index (χ1v) is 7.07. The third kappa shape index (κ3) is 2.30. The summed E-state index contributed by atoms with van der Waals surface area (Å²) in [4.78, 5) is 0. The molecule has 0 saturated carbocycles. The Bertz CT molecular complexity index is 552. The van der Waals surface area contributed by atoms with Crippen molar-refractivity contribution >= 4 is 12.5 Å². The van der Waals surface area contributed by atoms with Crippen molar-refractivity contribution in [1.29, 1.82) is 0 Å². The smallest absolute Gasteiger partial charge is 0.318 e. The van der Waals surface area contributed by atoms with E-state index in [1.807, 2.05) is 13.8 Å². The standard InChI is InChI=1S/C17H23BO/c1-6-18(19)12(2)11-16-13(3)14-9-7-8-10-15(14)17(16,4)5/h7-11,19H,6H2,1-5H3/b12-11+. The molecule has 0 unspecified atom stereocenters. The molecule has 1 aliphatic rings. The zero-order chi connectivity index (χ0) is 14.2. The van der Waals surface area contributed by atoms with Gasteiger partial charge in [0.05, 0.1) is 0 Å². The first kappa shape index (κ1) is 14.1. The van der Waals surface area contributed by atoms with Gasteiger partial charge in [0.2, 0.25) is 0 Å². The van der Waals surface area contributed by atoms with Crippen molar-refractivity contribution in [2.45, 2.75) is 46.4 Å². The van der Waals surface area contributed by atoms with Gasteiger partial charge in [-0.1, -0.05) is 56.6 Å². The summed E-state index contributed by atoms with van der Waals surface area (Å²) in [6.45, 7) is 10.4. The molecule has 19 heavy (non-hydrogen) atoms. The van der Waals surface area contributed by atoms with Gasteiger partial charge in [-0.25, -0.2) is 0 Å². The number of benzene rings is 1. The lowest BCUT2D eigenvalue weighted by atomic mass is 9.58. The predicted octanol–water partition coefficient (Wildman–Crippen LogP) is 4.24. The Kier molecular flexibility index (Phi) is 3.73. The van der Waals surface area contributed by atoms with Crippen molar-refractivity contribution in [2.75, 3.05) is 0 Å². The maximum Gasteiger partial charge on any atom is 0.318 e. The Morgan fingerprint density at radius 1 is 1.32 bits per heavy atom. The van der Waals surface area contributed by atoms with E-state index in [9.17, 15) is 5.02 Å². The highest BCUT2D eigenvalue weighted by Gasteiger charge is 2.34. The van der Waals surface area contributed by atoms with Gasteiger partial charge in [0, 0.05) is 5.41 Å². The van der Waals surface area contributed by atoms with Gasteiger partial charge in [-0.3, -0.25) is 0 Å². The van der Waals surface area contributed by atoms with E-state index in [0.29, 0.717) is 0 Å². The molecule has 100 valence electrons. The van der Waals surface area contributed by atoms with Crippen molar-refractivity contribution in [2.24, 2.45) is 0 Å². The van der Waals surface area contributed by atoms with Crippen molar-refractivity contribution in [3.63, 3.8) is 0 Å². The van der Waals surface area contributed by atoms with Crippen LogP contribution in [-0.4, -0.2) is 11.9 Å². The van der Waals surface area contributed by atoms with Crippen LogP contribution in [0.2, 0.25) is 6.32 Å². The predicted molar refractivity (Wildman–Crippen MR) is 84.3 cm³/mol. The van der Waals surface area contributed by atoms with E-state index in [-0.39, 0.29) is 12.3 Å². The van der Waals surface area contributed by atoms with Crippen molar-refractivity contribution < 1.29 is 5.02 Å². The van der Waals surface area contributed by atoms with Gasteiger partial charge in [0.25, 0.3) is 0 Å². The first-order valence-electron chi connectivity index (χ1n) is 7.07. The van der Waals surface area contributed by atoms with E-state index in [0.717, 1.165) is 11.8 Å². The molecule has 2 heteroatoms. The van der Waals surface area contributed by atoms with E-state index < -0.39 is 0 Å². The molecule has 1 nitrogen and oxygen atoms in total. The Balaban J connectivity index is 2.51. The minimum atomic E-state index is -0.334. The zero-order valence-corrected chi connectivity index (χ0v) is 12.6. The molecule has 0 radical (unpaired) electrons. The molecule has 1 N–H and O–H groups in total. The third-order valence-corrected chi connectivity index (χ3v) is 4.37. The number of hydrogen-bond acceptors (Lipinski definition) is 1. The second kappa shape index (κ2) is 5.01. The van der Waals surface area contributed by atoms with Crippen LogP contribution in [0, 0.1) is 0 Å². The van der Waals surface area contributed by atoms with Crippen LogP contribution in [0.15, 0.2) is 41.4 Å². The number of allylic oxidation sites excluding steroid dienone is 4. The van der Waals surface area contributed by atoms with E-state index >= 15 is 0 Å². The molecule has 1 aliphatic carbocycles. The molecule has 0 fully saturated rings. The summed E-state index contributed by atoms with van der Waals surface area (Å²) in [6, 6.07) is 8.61. The highest BCUT2D eigenvalue weighted by Crippen LogP contribution is 2.46. The number of rotatable bonds is 3. The van der Waals surface area contributed by atoms with Crippen LogP contribution in [0.1, 0.15) is 45.7 Å². The summed E-state index contributed by atoms with van der Waals surface area (Å²) in [7, 11) is 0. The summed E-state index contributed by atoms with van der Waals surface area (Å²) in [6.07, 6.45) is 2.95. The van der Waals surface area contributed by atoms with Crippen LogP contribution in [-0.2, 0) is 5.41 Å². The van der Waals surface area contributed by atoms with Crippen molar-refractivity contribution in [3.05, 3.63) is 52.5 Å². The second-order valence-corrected chi connectivity index (χ2v) is 6.02. The molecule has 0 aliphatic heterocycles. The Morgan fingerprint density at radius 3 is 2.53 bits per heavy atom. The monoisotopic (exact) mass is 254 g/mol. The lowest BCUT2D eigenvalue weighted by Gasteiger charge is -2.23. The van der Waals surface area contributed by atoms with Gasteiger partial charge in [-0.15, -0.1) is 0 Å². The van der Waals surface area contributed by atoms with Gasteiger partial charge in [0.1, 0.15) is 0 Å². The van der Waals surface area contributed by atoms with Crippen LogP contribution in [0.3, 0.4) is 0 Å². The molecular weight excluding hydrogens is 231 g/mol. The van der Waals surface area contributed by atoms with Crippen LogP contribution < -0.4 is 0 Å². The topological polar surface area (TPSA) is 20.2 Å². The molecule has 0 saturated heterocycles. The summed E-state index contributed by atoms with van der Waals surface area (Å²) in [5.41, 5.74) is 6.48. The summed E-state index contributed by atoms with van der Waals surface area (Å²) >= 11 is 0. The lowest BCUT2D eigenvalue weighted by Crippen LogP contribution is -2.18. The fourth-order valence-electron chi connectivity index (χ4n) is 3.05. The average Bonchev–Trinajstić information content (AvgIpc) is 2.59. The van der Waals surface area contributed by atoms with Crippen LogP contribution in [0.25, 0.3) is 5.57 Å². The molecule has 0 heterocycles. The average molecular weight is 254 g/mol. The lowest BCUT2D eigenvalue weighted by molar-refractivity contribution is 0.579. The Morgan fingerprint density at radius 2 is 1.95 bits per heavy atom. The molecule has 0 spiro atoms. The van der Waals surface area contributed by atoms with Crippen LogP contribution in [0.4, 0.5) is 0 Å². The van der Waals surface area contributed by atoms with Crippen molar-refractivity contribution in [1.82, 2.24) is 0 Å². The normalized spacial score (nSPS) is 17.7. The van der Waals surface area contributed by atoms with E-state index in [2.05, 4.69) is 51.1 Å². The molecular formula is C17H23BO. The number of fused-ring (bicyclic) bond motifs is 1. The number of hydrogen-bond donors (Lipinski definition) is 1. The zero-order valence-electron chi connectivity index (χ0n) is 12.6. The van der Waals surface area contributed by atoms with Gasteiger partial charge >= 0.3 is 6.92 Å². The van der Waals surface area contributed by atoms with Gasteiger partial charge in [0.15, 0.2) is 0 Å². The van der Waals surface area contributed by atoms with Crippen LogP contribution >= 0.6 is 0 Å². The fourth-order valence-corrected chi connectivity index (χ4v) is 3.05. The quantitative estimate of drug-likeness (QED) is 0.800. The second-order valence-electron chi connectivity index (χ2n) is 6.02. The maximum absolute atomic E-state index is 9.97. The van der Waals surface area contributed by atoms with E-state index in [1.54, 1.807) is 0 Å². The van der Waals surface area contributed by atoms with E-state index in [1.165, 1.54) is 22.3 Å². The summed E-state index contributed by atoms with van der Waals surface area (Å²) in [5, 5.41) is 9.97. The molecule has 0 aromatic heterocycles. The summed E-state index contributed by atoms with van der Waals surface area (Å²) < 4.78 is 0. The molecule has 0 atom stereocenters. The first-order chi connectivity index (χ1) is 8.89. The van der Waals surface area contributed by atoms with Gasteiger partial charge < -0.3 is 5.02 Å². The SMILES string of the molecule is CCB(O)/C(C)=C/C1=C(C)c2ccccc2C1(C)C. The third-order valence-electron chi connectivity index (χ3n) is 4.37. The minimum Gasteiger partial charge on any atom is -0.447 e. The summed E-state index contributed by atoms with van der Waals surface area (Å²) in [5.74, 6) is 0. The molecule has 1 aromatic rings. The largest absolute Gasteiger partial charge is 0.447 e. The molecule has 2 rings (SSSR count). The Hall–Kier alpha value is -1.28. The van der Waals surface area contributed by atoms with Crippen LogP contribution in [0.5, 0.6) is 0 Å². The van der Waals surface area contributed by atoms with Gasteiger partial charge in [-0.2, -0.15) is 0 Å². The van der Waals surface area contributed by atoms with E-state index in [4.69, 9.17) is 0 Å². The van der Waals surface area contributed by atoms with Gasteiger partial charge in [-0.05, 0) is 42.4 Å².